The summed E-state index contributed by atoms with van der Waals surface area (Å²) < 4.78 is 55.9. The van der Waals surface area contributed by atoms with Crippen LogP contribution in [0, 0.1) is 0 Å². The Morgan fingerprint density at radius 2 is 1.65 bits per heavy atom. The van der Waals surface area contributed by atoms with Gasteiger partial charge < -0.3 is 23.8 Å². The number of hydrogen-bond donors (Lipinski definition) is 0. The number of amides is 1. The molecule has 1 aliphatic heterocycles. The first-order chi connectivity index (χ1) is 22.1. The molecule has 3 heterocycles. The van der Waals surface area contributed by atoms with Crippen LogP contribution in [0.2, 0.25) is 0 Å². The molecule has 1 amide bonds. The van der Waals surface area contributed by atoms with Crippen molar-refractivity contribution in [3.05, 3.63) is 126 Å². The first kappa shape index (κ1) is 30.5. The maximum Gasteiger partial charge on any atom is 0.435 e. The van der Waals surface area contributed by atoms with E-state index in [0.717, 1.165) is 16.9 Å². The quantitative estimate of drug-likeness (QED) is 0.186. The van der Waals surface area contributed by atoms with Gasteiger partial charge in [-0.05, 0) is 60.5 Å². The Bertz CT molecular complexity index is 1850. The lowest BCUT2D eigenvalue weighted by molar-refractivity contribution is -0.141. The van der Waals surface area contributed by atoms with Crippen molar-refractivity contribution in [2.45, 2.75) is 25.7 Å². The summed E-state index contributed by atoms with van der Waals surface area (Å²) >= 11 is 0. The van der Waals surface area contributed by atoms with Crippen LogP contribution in [0.4, 0.5) is 23.7 Å². The number of methoxy groups -OCH3 is 1. The number of carbonyl (C=O) groups is 1. The number of nitrogens with zero attached hydrogens (tertiary/aromatic N) is 6. The van der Waals surface area contributed by atoms with Gasteiger partial charge in [-0.15, -0.1) is 0 Å². The van der Waals surface area contributed by atoms with E-state index >= 15 is 0 Å². The van der Waals surface area contributed by atoms with E-state index in [1.807, 2.05) is 64.1 Å². The number of hydrogen-bond acceptors (Lipinski definition) is 6. The smallest absolute Gasteiger partial charge is 0.435 e. The summed E-state index contributed by atoms with van der Waals surface area (Å²) in [5.74, 6) is 1.21. The Morgan fingerprint density at radius 1 is 0.978 bits per heavy atom. The zero-order chi connectivity index (χ0) is 32.4. The predicted octanol–water partition coefficient (Wildman–Crippen LogP) is 6.89. The van der Waals surface area contributed by atoms with Crippen LogP contribution in [0.5, 0.6) is 5.75 Å². The minimum Gasteiger partial charge on any atom is -0.497 e. The zero-order valence-electron chi connectivity index (χ0n) is 25.2. The lowest BCUT2D eigenvalue weighted by Crippen LogP contribution is -2.30. The molecule has 0 saturated carbocycles. The number of carbonyl (C=O) groups excluding carboxylic acids is 1. The second-order valence-corrected chi connectivity index (χ2v) is 10.8. The highest BCUT2D eigenvalue weighted by Gasteiger charge is 2.41. The lowest BCUT2D eigenvalue weighted by Gasteiger charge is -2.32. The number of alkyl halides is 3. The van der Waals surface area contributed by atoms with Gasteiger partial charge in [-0.2, -0.15) is 18.3 Å². The third kappa shape index (κ3) is 6.06. The van der Waals surface area contributed by atoms with E-state index in [1.165, 1.54) is 16.7 Å². The fourth-order valence-electron chi connectivity index (χ4n) is 5.48. The molecular weight excluding hydrogens is 597 g/mol. The topological polar surface area (TPSA) is 77.7 Å². The molecular formula is C34H31F3N6O3. The van der Waals surface area contributed by atoms with Crippen LogP contribution in [0.3, 0.4) is 0 Å². The van der Waals surface area contributed by atoms with Crippen LogP contribution < -0.4 is 9.64 Å². The predicted molar refractivity (Wildman–Crippen MR) is 167 cm³/mol. The van der Waals surface area contributed by atoms with Crippen LogP contribution >= 0.6 is 0 Å². The highest BCUT2D eigenvalue weighted by molar-refractivity contribution is 5.81. The van der Waals surface area contributed by atoms with Gasteiger partial charge >= 0.3 is 12.3 Å². The van der Waals surface area contributed by atoms with Crippen LogP contribution in [-0.4, -0.2) is 51.0 Å². The van der Waals surface area contributed by atoms with Gasteiger partial charge in [0, 0.05) is 42.9 Å². The van der Waals surface area contributed by atoms with Gasteiger partial charge in [-0.25, -0.2) is 14.5 Å². The Kier molecular flexibility index (Phi) is 8.27. The maximum absolute atomic E-state index is 14.0. The van der Waals surface area contributed by atoms with Crippen molar-refractivity contribution in [1.29, 1.82) is 0 Å². The molecule has 0 saturated heterocycles. The van der Waals surface area contributed by atoms with E-state index in [-0.39, 0.29) is 25.1 Å². The fraction of sp³-hybridized carbons (Fsp3) is 0.206. The molecule has 12 heteroatoms. The van der Waals surface area contributed by atoms with Gasteiger partial charge in [0.05, 0.1) is 30.7 Å². The number of imidazole rings is 1. The molecule has 0 fully saturated rings. The van der Waals surface area contributed by atoms with Crippen molar-refractivity contribution in [2.24, 2.45) is 0 Å². The van der Waals surface area contributed by atoms with E-state index in [9.17, 15) is 18.0 Å². The highest BCUT2D eigenvalue weighted by atomic mass is 19.4. The number of aromatic nitrogens is 4. The van der Waals surface area contributed by atoms with Crippen molar-refractivity contribution in [1.82, 2.24) is 24.2 Å². The van der Waals surface area contributed by atoms with Crippen molar-refractivity contribution in [3.8, 4) is 17.1 Å². The molecule has 0 atom stereocenters. The van der Waals surface area contributed by atoms with Gasteiger partial charge in [-0.3, -0.25) is 0 Å². The van der Waals surface area contributed by atoms with Gasteiger partial charge in [0.15, 0.2) is 5.69 Å². The number of fused-ring (bicyclic) bond motifs is 1. The maximum atomic E-state index is 14.0. The van der Waals surface area contributed by atoms with Crippen LogP contribution in [0.15, 0.2) is 97.8 Å². The Hall–Kier alpha value is -5.52. The molecule has 9 nitrogen and oxygen atoms in total. The molecule has 6 rings (SSSR count). The standard InChI is InChI=1S/C34H31F3N6O3/c1-23-31-29(32(34(35,36)37)39-43(31)27-13-15-28(45-3)16-14-27)17-19-41(23)25-9-11-26(12-10-25)42-20-18-38-30(42)21-40(2)33(44)46-22-24-7-5-4-6-8-24/h4-16,18,20H,1,17,19,21-22H2,2-3H3. The van der Waals surface area contributed by atoms with E-state index in [1.54, 1.807) is 43.7 Å². The van der Waals surface area contributed by atoms with E-state index in [2.05, 4.69) is 16.7 Å². The van der Waals surface area contributed by atoms with Crippen LogP contribution in [0.25, 0.3) is 17.1 Å². The number of rotatable bonds is 8. The second kappa shape index (κ2) is 12.5. The van der Waals surface area contributed by atoms with Crippen molar-refractivity contribution in [3.63, 3.8) is 0 Å². The van der Waals surface area contributed by atoms with Crippen LogP contribution in [-0.2, 0) is 30.5 Å². The average molecular weight is 629 g/mol. The molecule has 0 radical (unpaired) electrons. The monoisotopic (exact) mass is 628 g/mol. The molecule has 0 bridgehead atoms. The molecule has 236 valence electrons. The first-order valence-electron chi connectivity index (χ1n) is 14.5. The zero-order valence-corrected chi connectivity index (χ0v) is 25.2. The Morgan fingerprint density at radius 3 is 2.33 bits per heavy atom. The summed E-state index contributed by atoms with van der Waals surface area (Å²) in [4.78, 5) is 20.4. The Balaban J connectivity index is 1.21. The minimum atomic E-state index is -4.61. The number of benzene rings is 3. The van der Waals surface area contributed by atoms with Gasteiger partial charge in [-0.1, -0.05) is 36.9 Å². The lowest BCUT2D eigenvalue weighted by atomic mass is 10.0. The second-order valence-electron chi connectivity index (χ2n) is 10.8. The molecule has 3 aromatic carbocycles. The van der Waals surface area contributed by atoms with E-state index in [4.69, 9.17) is 9.47 Å². The van der Waals surface area contributed by atoms with Crippen molar-refractivity contribution < 1.29 is 27.4 Å². The normalized spacial score (nSPS) is 13.0. The molecule has 0 aliphatic carbocycles. The van der Waals surface area contributed by atoms with Gasteiger partial charge in [0.25, 0.3) is 0 Å². The van der Waals surface area contributed by atoms with Crippen molar-refractivity contribution >= 4 is 17.5 Å². The molecule has 2 aromatic heterocycles. The summed E-state index contributed by atoms with van der Waals surface area (Å²) in [6.45, 7) is 4.89. The van der Waals surface area contributed by atoms with Crippen LogP contribution in [0.1, 0.15) is 28.3 Å². The molecule has 1 aliphatic rings. The summed E-state index contributed by atoms with van der Waals surface area (Å²) in [6.07, 6.45) is -1.50. The number of anilines is 1. The Labute approximate surface area is 263 Å². The molecule has 0 N–H and O–H groups in total. The number of ether oxygens (including phenoxy) is 2. The number of halogens is 3. The summed E-state index contributed by atoms with van der Waals surface area (Å²) in [5, 5.41) is 4.00. The molecule has 0 spiro atoms. The van der Waals surface area contributed by atoms with Gasteiger partial charge in [0.2, 0.25) is 0 Å². The van der Waals surface area contributed by atoms with E-state index in [0.29, 0.717) is 35.2 Å². The SMILES string of the molecule is C=C1c2c(c(C(F)(F)F)nn2-c2ccc(OC)cc2)CCN1c1ccc(-n2ccnc2CN(C)C(=O)OCc2ccccc2)cc1. The summed E-state index contributed by atoms with van der Waals surface area (Å²) in [6, 6.07) is 23.7. The highest BCUT2D eigenvalue weighted by Crippen LogP contribution is 2.40. The average Bonchev–Trinajstić information content (AvgIpc) is 3.70. The fourth-order valence-corrected chi connectivity index (χ4v) is 5.48. The molecule has 46 heavy (non-hydrogen) atoms. The summed E-state index contributed by atoms with van der Waals surface area (Å²) in [7, 11) is 3.17. The third-order valence-corrected chi connectivity index (χ3v) is 7.81. The van der Waals surface area contributed by atoms with E-state index < -0.39 is 18.0 Å². The molecule has 5 aromatic rings. The summed E-state index contributed by atoms with van der Waals surface area (Å²) in [5.41, 5.74) is 2.86. The van der Waals surface area contributed by atoms with Crippen molar-refractivity contribution in [2.75, 3.05) is 25.6 Å². The first-order valence-corrected chi connectivity index (χ1v) is 14.5. The van der Waals surface area contributed by atoms with Gasteiger partial charge in [0.1, 0.15) is 18.2 Å². The third-order valence-electron chi connectivity index (χ3n) is 7.81. The minimum absolute atomic E-state index is 0.121. The largest absolute Gasteiger partial charge is 0.497 e. The molecule has 0 unspecified atom stereocenters.